The predicted octanol–water partition coefficient (Wildman–Crippen LogP) is 3.92. The van der Waals surface area contributed by atoms with E-state index in [0.29, 0.717) is 31.1 Å². The highest BCUT2D eigenvalue weighted by Gasteiger charge is 2.29. The van der Waals surface area contributed by atoms with Crippen LogP contribution in [0.4, 0.5) is 0 Å². The standard InChI is InChI=1S/C16H23O6P/c1-3-13(2)14-5-7-15(8-6-14)16(17)19-11-12-22-23(18)20-9-4-10-21-23/h5-8,13H,3-4,9-12H2,1-2H3. The van der Waals surface area contributed by atoms with Gasteiger partial charge in [0.2, 0.25) is 0 Å². The van der Waals surface area contributed by atoms with Crippen molar-refractivity contribution in [3.63, 3.8) is 0 Å². The fourth-order valence-corrected chi connectivity index (χ4v) is 3.30. The third-order valence-corrected chi connectivity index (χ3v) is 5.18. The topological polar surface area (TPSA) is 71.1 Å². The van der Waals surface area contributed by atoms with Gasteiger partial charge in [-0.25, -0.2) is 9.36 Å². The van der Waals surface area contributed by atoms with Gasteiger partial charge in [0.1, 0.15) is 6.61 Å². The summed E-state index contributed by atoms with van der Waals surface area (Å²) >= 11 is 0. The first-order valence-electron chi connectivity index (χ1n) is 7.85. The Bertz CT molecular complexity index is 546. The first kappa shape index (κ1) is 18.1. The molecule has 2 rings (SSSR count). The van der Waals surface area contributed by atoms with Gasteiger partial charge >= 0.3 is 13.8 Å². The van der Waals surface area contributed by atoms with E-state index in [1.807, 2.05) is 12.1 Å². The van der Waals surface area contributed by atoms with Crippen LogP contribution in [0.3, 0.4) is 0 Å². The maximum Gasteiger partial charge on any atom is 0.474 e. The molecule has 128 valence electrons. The molecular formula is C16H23O6P. The number of ether oxygens (including phenoxy) is 1. The molecule has 0 spiro atoms. The second-order valence-corrected chi connectivity index (χ2v) is 7.04. The zero-order valence-electron chi connectivity index (χ0n) is 13.5. The van der Waals surface area contributed by atoms with Crippen molar-refractivity contribution in [3.05, 3.63) is 35.4 Å². The van der Waals surface area contributed by atoms with Crippen LogP contribution in [0.15, 0.2) is 24.3 Å². The molecule has 1 unspecified atom stereocenters. The summed E-state index contributed by atoms with van der Waals surface area (Å²) in [6.07, 6.45) is 1.74. The maximum absolute atomic E-state index is 11.9. The fourth-order valence-electron chi connectivity index (χ4n) is 2.07. The third-order valence-electron chi connectivity index (χ3n) is 3.68. The molecule has 0 aliphatic carbocycles. The predicted molar refractivity (Wildman–Crippen MR) is 85.5 cm³/mol. The number of rotatable bonds is 7. The summed E-state index contributed by atoms with van der Waals surface area (Å²) in [4.78, 5) is 11.9. The average Bonchev–Trinajstić information content (AvgIpc) is 2.58. The highest BCUT2D eigenvalue weighted by atomic mass is 31.2. The van der Waals surface area contributed by atoms with E-state index in [-0.39, 0.29) is 13.2 Å². The van der Waals surface area contributed by atoms with Crippen molar-refractivity contribution in [2.24, 2.45) is 0 Å². The number of benzene rings is 1. The van der Waals surface area contributed by atoms with E-state index >= 15 is 0 Å². The molecular weight excluding hydrogens is 319 g/mol. The van der Waals surface area contributed by atoms with Gasteiger partial charge in [-0.1, -0.05) is 26.0 Å². The summed E-state index contributed by atoms with van der Waals surface area (Å²) in [5, 5.41) is 0. The summed E-state index contributed by atoms with van der Waals surface area (Å²) in [5.74, 6) is 0.0224. The van der Waals surface area contributed by atoms with Crippen molar-refractivity contribution in [2.75, 3.05) is 26.4 Å². The lowest BCUT2D eigenvalue weighted by atomic mass is 9.98. The van der Waals surface area contributed by atoms with E-state index in [4.69, 9.17) is 18.3 Å². The number of phosphoric ester groups is 1. The Kier molecular flexibility index (Phi) is 6.78. The smallest absolute Gasteiger partial charge is 0.460 e. The van der Waals surface area contributed by atoms with Crippen LogP contribution >= 0.6 is 7.82 Å². The Labute approximate surface area is 136 Å². The quantitative estimate of drug-likeness (QED) is 0.425. The van der Waals surface area contributed by atoms with Gasteiger partial charge in [-0.2, -0.15) is 0 Å². The molecule has 0 aromatic heterocycles. The molecule has 7 heteroatoms. The number of esters is 1. The lowest BCUT2D eigenvalue weighted by Gasteiger charge is -2.21. The highest BCUT2D eigenvalue weighted by Crippen LogP contribution is 2.51. The lowest BCUT2D eigenvalue weighted by Crippen LogP contribution is -2.14. The Hall–Kier alpha value is -1.20. The van der Waals surface area contributed by atoms with Gasteiger partial charge in [-0.05, 0) is 36.5 Å². The molecule has 0 N–H and O–H groups in total. The molecule has 1 aromatic carbocycles. The minimum Gasteiger partial charge on any atom is -0.460 e. The highest BCUT2D eigenvalue weighted by molar-refractivity contribution is 7.48. The van der Waals surface area contributed by atoms with Gasteiger partial charge in [0, 0.05) is 0 Å². The van der Waals surface area contributed by atoms with Crippen molar-refractivity contribution >= 4 is 13.8 Å². The Morgan fingerprint density at radius 2 is 1.87 bits per heavy atom. The van der Waals surface area contributed by atoms with Crippen LogP contribution in [0.5, 0.6) is 0 Å². The molecule has 6 nitrogen and oxygen atoms in total. The van der Waals surface area contributed by atoms with E-state index in [1.54, 1.807) is 12.1 Å². The first-order chi connectivity index (χ1) is 11.0. The Balaban J connectivity index is 1.75. The number of phosphoric acid groups is 1. The molecule has 0 radical (unpaired) electrons. The van der Waals surface area contributed by atoms with Crippen molar-refractivity contribution in [1.82, 2.24) is 0 Å². The number of hydrogen-bond donors (Lipinski definition) is 0. The molecule has 0 amide bonds. The average molecular weight is 342 g/mol. The zero-order chi connectivity index (χ0) is 16.7. The molecule has 1 aliphatic heterocycles. The zero-order valence-corrected chi connectivity index (χ0v) is 14.4. The maximum atomic E-state index is 11.9. The number of carbonyl (C=O) groups excluding carboxylic acids is 1. The van der Waals surface area contributed by atoms with E-state index in [1.165, 1.54) is 5.56 Å². The van der Waals surface area contributed by atoms with E-state index < -0.39 is 13.8 Å². The lowest BCUT2D eigenvalue weighted by molar-refractivity contribution is 0.0335. The van der Waals surface area contributed by atoms with Crippen LogP contribution in [0.1, 0.15) is 48.5 Å². The first-order valence-corrected chi connectivity index (χ1v) is 9.31. The van der Waals surface area contributed by atoms with Crippen LogP contribution in [-0.4, -0.2) is 32.4 Å². The third kappa shape index (κ3) is 5.43. The molecule has 1 saturated heterocycles. The van der Waals surface area contributed by atoms with Crippen LogP contribution in [-0.2, 0) is 22.9 Å². The monoisotopic (exact) mass is 342 g/mol. The molecule has 1 aliphatic rings. The normalized spacial score (nSPS) is 18.3. The van der Waals surface area contributed by atoms with Gasteiger partial charge in [0.15, 0.2) is 0 Å². The van der Waals surface area contributed by atoms with Gasteiger partial charge in [0.05, 0.1) is 25.4 Å². The molecule has 1 fully saturated rings. The minimum atomic E-state index is -3.46. The van der Waals surface area contributed by atoms with E-state index in [2.05, 4.69) is 13.8 Å². The Morgan fingerprint density at radius 1 is 1.22 bits per heavy atom. The van der Waals surface area contributed by atoms with Crippen LogP contribution in [0.25, 0.3) is 0 Å². The van der Waals surface area contributed by atoms with E-state index in [9.17, 15) is 9.36 Å². The largest absolute Gasteiger partial charge is 0.474 e. The van der Waals surface area contributed by atoms with Crippen LogP contribution < -0.4 is 0 Å². The molecule has 0 saturated carbocycles. The molecule has 1 heterocycles. The van der Waals surface area contributed by atoms with Crippen LogP contribution in [0, 0.1) is 0 Å². The van der Waals surface area contributed by atoms with Gasteiger partial charge in [0.25, 0.3) is 0 Å². The summed E-state index contributed by atoms with van der Waals surface area (Å²) < 4.78 is 32.0. The van der Waals surface area contributed by atoms with E-state index in [0.717, 1.165) is 6.42 Å². The SMILES string of the molecule is CCC(C)c1ccc(C(=O)OCCOP2(=O)OCCCO2)cc1. The van der Waals surface area contributed by atoms with Gasteiger partial charge < -0.3 is 4.74 Å². The number of carbonyl (C=O) groups is 1. The molecule has 1 atom stereocenters. The fraction of sp³-hybridized carbons (Fsp3) is 0.562. The second-order valence-electron chi connectivity index (χ2n) is 5.37. The van der Waals surface area contributed by atoms with Crippen LogP contribution in [0.2, 0.25) is 0 Å². The summed E-state index contributed by atoms with van der Waals surface area (Å²) in [6, 6.07) is 7.37. The number of hydrogen-bond acceptors (Lipinski definition) is 6. The Morgan fingerprint density at radius 3 is 2.48 bits per heavy atom. The minimum absolute atomic E-state index is 0.0113. The van der Waals surface area contributed by atoms with Crippen molar-refractivity contribution in [3.8, 4) is 0 Å². The van der Waals surface area contributed by atoms with Gasteiger partial charge in [-0.3, -0.25) is 13.6 Å². The van der Waals surface area contributed by atoms with Crippen molar-refractivity contribution in [1.29, 1.82) is 0 Å². The summed E-state index contributed by atoms with van der Waals surface area (Å²) in [6.45, 7) is 4.91. The van der Waals surface area contributed by atoms with Gasteiger partial charge in [-0.15, -0.1) is 0 Å². The summed E-state index contributed by atoms with van der Waals surface area (Å²) in [5.41, 5.74) is 1.67. The van der Waals surface area contributed by atoms with Crippen molar-refractivity contribution in [2.45, 2.75) is 32.6 Å². The molecule has 0 bridgehead atoms. The molecule has 1 aromatic rings. The van der Waals surface area contributed by atoms with Crippen molar-refractivity contribution < 1.29 is 27.7 Å². The second kappa shape index (κ2) is 8.60. The summed E-state index contributed by atoms with van der Waals surface area (Å²) in [7, 11) is -3.46. The molecule has 23 heavy (non-hydrogen) atoms.